The van der Waals surface area contributed by atoms with Gasteiger partial charge in [0, 0.05) is 12.2 Å². The number of benzene rings is 2. The van der Waals surface area contributed by atoms with Crippen molar-refractivity contribution in [1.29, 1.82) is 0 Å². The Hall–Kier alpha value is -1.80. The van der Waals surface area contributed by atoms with E-state index < -0.39 is 0 Å². The summed E-state index contributed by atoms with van der Waals surface area (Å²) in [6.07, 6.45) is 1.12. The maximum Gasteiger partial charge on any atom is 0.0529 e. The van der Waals surface area contributed by atoms with E-state index in [1.807, 2.05) is 0 Å². The first-order valence-electron chi connectivity index (χ1n) is 7.36. The van der Waals surface area contributed by atoms with Gasteiger partial charge in [0.25, 0.3) is 0 Å². The van der Waals surface area contributed by atoms with Crippen LogP contribution in [0.5, 0.6) is 0 Å². The Morgan fingerprint density at radius 1 is 1.10 bits per heavy atom. The first kappa shape index (κ1) is 13.2. The average Bonchev–Trinajstić information content (AvgIpc) is 2.65. The first-order chi connectivity index (χ1) is 9.74. The number of nitrogens with one attached hydrogen (secondary N) is 2. The van der Waals surface area contributed by atoms with E-state index in [9.17, 15) is 0 Å². The van der Waals surface area contributed by atoms with Crippen molar-refractivity contribution in [3.8, 4) is 0 Å². The Morgan fingerprint density at radius 3 is 2.80 bits per heavy atom. The minimum Gasteiger partial charge on any atom is -0.378 e. The van der Waals surface area contributed by atoms with E-state index >= 15 is 0 Å². The molecule has 2 aromatic carbocycles. The lowest BCUT2D eigenvalue weighted by Gasteiger charge is -2.21. The summed E-state index contributed by atoms with van der Waals surface area (Å²) in [5, 5.41) is 7.24. The molecule has 1 unspecified atom stereocenters. The Kier molecular flexibility index (Phi) is 3.75. The van der Waals surface area contributed by atoms with Crippen molar-refractivity contribution in [2.45, 2.75) is 32.9 Å². The third-order valence-electron chi connectivity index (χ3n) is 4.07. The summed E-state index contributed by atoms with van der Waals surface area (Å²) < 4.78 is 0. The fraction of sp³-hybridized carbons (Fsp3) is 0.333. The SMILES string of the molecule is Cc1ccc(NC2CCNCc3ccccc32)c(C)c1. The molecule has 3 rings (SSSR count). The van der Waals surface area contributed by atoms with Gasteiger partial charge in [-0.2, -0.15) is 0 Å². The zero-order chi connectivity index (χ0) is 13.9. The second-order valence-corrected chi connectivity index (χ2v) is 5.68. The molecule has 1 aliphatic heterocycles. The minimum atomic E-state index is 0.391. The smallest absolute Gasteiger partial charge is 0.0529 e. The Balaban J connectivity index is 1.90. The van der Waals surface area contributed by atoms with E-state index in [-0.39, 0.29) is 0 Å². The van der Waals surface area contributed by atoms with Gasteiger partial charge in [0.2, 0.25) is 0 Å². The van der Waals surface area contributed by atoms with Gasteiger partial charge in [-0.1, -0.05) is 42.0 Å². The fourth-order valence-corrected chi connectivity index (χ4v) is 2.97. The van der Waals surface area contributed by atoms with Crippen LogP contribution in [0.3, 0.4) is 0 Å². The molecule has 20 heavy (non-hydrogen) atoms. The maximum atomic E-state index is 3.73. The molecule has 0 saturated carbocycles. The molecule has 2 aromatic rings. The Morgan fingerprint density at radius 2 is 1.95 bits per heavy atom. The van der Waals surface area contributed by atoms with Crippen LogP contribution >= 0.6 is 0 Å². The minimum absolute atomic E-state index is 0.391. The van der Waals surface area contributed by atoms with Gasteiger partial charge in [-0.05, 0) is 49.6 Å². The van der Waals surface area contributed by atoms with Crippen molar-refractivity contribution in [3.05, 3.63) is 64.7 Å². The van der Waals surface area contributed by atoms with Gasteiger partial charge in [-0.3, -0.25) is 0 Å². The zero-order valence-electron chi connectivity index (χ0n) is 12.2. The van der Waals surface area contributed by atoms with Gasteiger partial charge < -0.3 is 10.6 Å². The van der Waals surface area contributed by atoms with Crippen molar-refractivity contribution < 1.29 is 0 Å². The van der Waals surface area contributed by atoms with Gasteiger partial charge in [-0.15, -0.1) is 0 Å². The van der Waals surface area contributed by atoms with E-state index in [0.29, 0.717) is 6.04 Å². The topological polar surface area (TPSA) is 24.1 Å². The van der Waals surface area contributed by atoms with Crippen LogP contribution < -0.4 is 10.6 Å². The lowest BCUT2D eigenvalue weighted by atomic mass is 9.98. The molecule has 0 aromatic heterocycles. The summed E-state index contributed by atoms with van der Waals surface area (Å²) >= 11 is 0. The zero-order valence-corrected chi connectivity index (χ0v) is 12.2. The monoisotopic (exact) mass is 266 g/mol. The van der Waals surface area contributed by atoms with E-state index in [4.69, 9.17) is 0 Å². The first-order valence-corrected chi connectivity index (χ1v) is 7.36. The lowest BCUT2D eigenvalue weighted by molar-refractivity contribution is 0.637. The number of hydrogen-bond donors (Lipinski definition) is 2. The Bertz CT molecular complexity index is 604. The second-order valence-electron chi connectivity index (χ2n) is 5.68. The summed E-state index contributed by atoms with van der Waals surface area (Å²) in [7, 11) is 0. The van der Waals surface area contributed by atoms with Crippen molar-refractivity contribution in [2.24, 2.45) is 0 Å². The highest BCUT2D eigenvalue weighted by Gasteiger charge is 2.18. The van der Waals surface area contributed by atoms with Crippen molar-refractivity contribution in [1.82, 2.24) is 5.32 Å². The van der Waals surface area contributed by atoms with Crippen molar-refractivity contribution in [3.63, 3.8) is 0 Å². The lowest BCUT2D eigenvalue weighted by Crippen LogP contribution is -2.15. The number of fused-ring (bicyclic) bond motifs is 1. The summed E-state index contributed by atoms with van der Waals surface area (Å²) in [5.41, 5.74) is 6.72. The van der Waals surface area contributed by atoms with Crippen LogP contribution in [-0.4, -0.2) is 6.54 Å². The maximum absolute atomic E-state index is 3.73. The summed E-state index contributed by atoms with van der Waals surface area (Å²) in [6.45, 7) is 6.34. The van der Waals surface area contributed by atoms with E-state index in [0.717, 1.165) is 19.5 Å². The molecule has 0 radical (unpaired) electrons. The summed E-state index contributed by atoms with van der Waals surface area (Å²) in [5.74, 6) is 0. The van der Waals surface area contributed by atoms with E-state index in [1.165, 1.54) is 27.9 Å². The highest BCUT2D eigenvalue weighted by Crippen LogP contribution is 2.28. The normalized spacial score (nSPS) is 18.2. The third-order valence-corrected chi connectivity index (χ3v) is 4.07. The van der Waals surface area contributed by atoms with Crippen molar-refractivity contribution >= 4 is 5.69 Å². The summed E-state index contributed by atoms with van der Waals surface area (Å²) in [4.78, 5) is 0. The molecule has 2 nitrogen and oxygen atoms in total. The average molecular weight is 266 g/mol. The van der Waals surface area contributed by atoms with E-state index in [1.54, 1.807) is 0 Å². The molecule has 0 amide bonds. The van der Waals surface area contributed by atoms with Gasteiger partial charge in [-0.25, -0.2) is 0 Å². The van der Waals surface area contributed by atoms with Crippen LogP contribution in [0.2, 0.25) is 0 Å². The number of aryl methyl sites for hydroxylation is 2. The highest BCUT2D eigenvalue weighted by atomic mass is 15.0. The van der Waals surface area contributed by atoms with Gasteiger partial charge in [0.15, 0.2) is 0 Å². The molecule has 0 spiro atoms. The van der Waals surface area contributed by atoms with Crippen LogP contribution in [0.4, 0.5) is 5.69 Å². The van der Waals surface area contributed by atoms with Crippen LogP contribution in [0.15, 0.2) is 42.5 Å². The Labute approximate surface area is 121 Å². The predicted molar refractivity (Wildman–Crippen MR) is 85.0 cm³/mol. The molecular formula is C18H22N2. The van der Waals surface area contributed by atoms with E-state index in [2.05, 4.69) is 66.9 Å². The van der Waals surface area contributed by atoms with Crippen molar-refractivity contribution in [2.75, 3.05) is 11.9 Å². The molecule has 2 N–H and O–H groups in total. The predicted octanol–water partition coefficient (Wildman–Crippen LogP) is 3.95. The molecule has 0 fully saturated rings. The highest BCUT2D eigenvalue weighted by molar-refractivity contribution is 5.54. The number of rotatable bonds is 2. The molecule has 0 bridgehead atoms. The summed E-state index contributed by atoms with van der Waals surface area (Å²) in [6, 6.07) is 15.8. The second kappa shape index (κ2) is 5.68. The fourth-order valence-electron chi connectivity index (χ4n) is 2.97. The molecule has 0 saturated heterocycles. The quantitative estimate of drug-likeness (QED) is 0.860. The molecule has 104 valence electrons. The van der Waals surface area contributed by atoms with Gasteiger partial charge >= 0.3 is 0 Å². The molecule has 2 heteroatoms. The molecule has 1 atom stereocenters. The molecule has 1 heterocycles. The standard InChI is InChI=1S/C18H22N2/c1-13-7-8-17(14(2)11-13)20-18-9-10-19-12-15-5-3-4-6-16(15)18/h3-8,11,18-20H,9-10,12H2,1-2H3. The van der Waals surface area contributed by atoms with Gasteiger partial charge in [0.1, 0.15) is 0 Å². The molecular weight excluding hydrogens is 244 g/mol. The largest absolute Gasteiger partial charge is 0.378 e. The number of anilines is 1. The van der Waals surface area contributed by atoms with Crippen LogP contribution in [0, 0.1) is 13.8 Å². The van der Waals surface area contributed by atoms with Crippen LogP contribution in [-0.2, 0) is 6.54 Å². The van der Waals surface area contributed by atoms with Crippen LogP contribution in [0.25, 0.3) is 0 Å². The number of hydrogen-bond acceptors (Lipinski definition) is 2. The van der Waals surface area contributed by atoms with Crippen LogP contribution in [0.1, 0.15) is 34.7 Å². The van der Waals surface area contributed by atoms with Gasteiger partial charge in [0.05, 0.1) is 6.04 Å². The third kappa shape index (κ3) is 2.70. The molecule has 1 aliphatic rings. The molecule has 0 aliphatic carbocycles.